The molecule has 0 bridgehead atoms. The minimum atomic E-state index is -0.260. The van der Waals surface area contributed by atoms with Crippen LogP contribution in [0.3, 0.4) is 0 Å². The van der Waals surface area contributed by atoms with Gasteiger partial charge in [0.25, 0.3) is 0 Å². The van der Waals surface area contributed by atoms with Crippen LogP contribution in [0.2, 0.25) is 0 Å². The third kappa shape index (κ3) is 6.36. The summed E-state index contributed by atoms with van der Waals surface area (Å²) in [5, 5.41) is 5.72. The first kappa shape index (κ1) is 19.8. The van der Waals surface area contributed by atoms with Crippen LogP contribution < -0.4 is 16.4 Å². The van der Waals surface area contributed by atoms with Crippen molar-refractivity contribution in [2.75, 3.05) is 17.6 Å². The number of rotatable bonds is 7. The van der Waals surface area contributed by atoms with Crippen molar-refractivity contribution in [3.8, 4) is 0 Å². The van der Waals surface area contributed by atoms with Crippen LogP contribution in [0, 0.1) is 12.8 Å². The molecule has 0 radical (unpaired) electrons. The Morgan fingerprint density at radius 2 is 1.92 bits per heavy atom. The number of amides is 2. The molecule has 0 aliphatic heterocycles. The fourth-order valence-corrected chi connectivity index (χ4v) is 3.78. The molecular weight excluding hydrogens is 334 g/mol. The van der Waals surface area contributed by atoms with E-state index < -0.39 is 0 Å². The second-order valence-corrected chi connectivity index (χ2v) is 8.09. The minimum absolute atomic E-state index is 0.00140. The number of aryl methyl sites for hydroxylation is 1. The third-order valence-corrected chi connectivity index (χ3v) is 5.85. The van der Waals surface area contributed by atoms with Crippen LogP contribution in [-0.4, -0.2) is 35.4 Å². The first-order valence-electron chi connectivity index (χ1n) is 8.98. The molecule has 1 aliphatic carbocycles. The van der Waals surface area contributed by atoms with Gasteiger partial charge in [0.2, 0.25) is 11.8 Å². The summed E-state index contributed by atoms with van der Waals surface area (Å²) in [6, 6.07) is 7.85. The van der Waals surface area contributed by atoms with E-state index in [9.17, 15) is 9.59 Å². The third-order valence-electron chi connectivity index (χ3n) is 4.71. The molecule has 1 fully saturated rings. The lowest BCUT2D eigenvalue weighted by atomic mass is 9.84. The summed E-state index contributed by atoms with van der Waals surface area (Å²) in [5.74, 6) is 0.539. The van der Waals surface area contributed by atoms with E-state index in [1.807, 2.05) is 38.1 Å². The molecule has 138 valence electrons. The Morgan fingerprint density at radius 1 is 1.24 bits per heavy atom. The molecule has 4 N–H and O–H groups in total. The molecule has 0 spiro atoms. The second kappa shape index (κ2) is 9.82. The fraction of sp³-hybridized carbons (Fsp3) is 0.579. The van der Waals surface area contributed by atoms with Crippen molar-refractivity contribution < 1.29 is 9.59 Å². The van der Waals surface area contributed by atoms with Crippen LogP contribution in [-0.2, 0) is 9.59 Å². The normalized spacial score (nSPS) is 21.4. The van der Waals surface area contributed by atoms with Crippen molar-refractivity contribution in [1.29, 1.82) is 0 Å². The van der Waals surface area contributed by atoms with Gasteiger partial charge in [-0.2, -0.15) is 0 Å². The zero-order valence-corrected chi connectivity index (χ0v) is 15.9. The van der Waals surface area contributed by atoms with Gasteiger partial charge >= 0.3 is 0 Å². The number of carbonyl (C=O) groups is 2. The monoisotopic (exact) mass is 363 g/mol. The summed E-state index contributed by atoms with van der Waals surface area (Å²) in [7, 11) is 0. The van der Waals surface area contributed by atoms with Crippen molar-refractivity contribution in [2.24, 2.45) is 11.7 Å². The van der Waals surface area contributed by atoms with E-state index in [0.29, 0.717) is 12.5 Å². The first-order valence-corrected chi connectivity index (χ1v) is 10.0. The maximum Gasteiger partial charge on any atom is 0.234 e. The van der Waals surface area contributed by atoms with Gasteiger partial charge in [-0.3, -0.25) is 9.59 Å². The van der Waals surface area contributed by atoms with E-state index >= 15 is 0 Å². The van der Waals surface area contributed by atoms with E-state index in [4.69, 9.17) is 5.73 Å². The van der Waals surface area contributed by atoms with E-state index in [1.165, 1.54) is 18.2 Å². The van der Waals surface area contributed by atoms with Gasteiger partial charge in [-0.25, -0.2) is 0 Å². The van der Waals surface area contributed by atoms with Crippen LogP contribution >= 0.6 is 11.8 Å². The highest BCUT2D eigenvalue weighted by atomic mass is 32.2. The summed E-state index contributed by atoms with van der Waals surface area (Å²) in [6.45, 7) is 4.47. The molecule has 0 aromatic heterocycles. The average molecular weight is 364 g/mol. The molecule has 2 rings (SSSR count). The smallest absolute Gasteiger partial charge is 0.234 e. The molecular formula is C19H29N3O2S. The van der Waals surface area contributed by atoms with E-state index in [-0.39, 0.29) is 28.9 Å². The predicted molar refractivity (Wildman–Crippen MR) is 105 cm³/mol. The van der Waals surface area contributed by atoms with Gasteiger partial charge in [-0.15, -0.1) is 11.8 Å². The summed E-state index contributed by atoms with van der Waals surface area (Å²) in [4.78, 5) is 24.4. The number of hydrogen-bond donors (Lipinski definition) is 3. The Kier molecular flexibility index (Phi) is 7.78. The summed E-state index contributed by atoms with van der Waals surface area (Å²) < 4.78 is 0. The predicted octanol–water partition coefficient (Wildman–Crippen LogP) is 2.69. The van der Waals surface area contributed by atoms with E-state index in [2.05, 4.69) is 10.6 Å². The van der Waals surface area contributed by atoms with Crippen LogP contribution in [0.5, 0.6) is 0 Å². The van der Waals surface area contributed by atoms with Crippen LogP contribution in [0.25, 0.3) is 0 Å². The molecule has 0 saturated heterocycles. The van der Waals surface area contributed by atoms with Crippen molar-refractivity contribution in [3.63, 3.8) is 0 Å². The van der Waals surface area contributed by atoms with E-state index in [1.54, 1.807) is 0 Å². The fourth-order valence-electron chi connectivity index (χ4n) is 3.09. The molecule has 1 aliphatic rings. The molecule has 0 heterocycles. The zero-order valence-electron chi connectivity index (χ0n) is 15.1. The van der Waals surface area contributed by atoms with Crippen molar-refractivity contribution >= 4 is 29.3 Å². The lowest BCUT2D eigenvalue weighted by Crippen LogP contribution is -2.47. The number of anilines is 1. The van der Waals surface area contributed by atoms with E-state index in [0.717, 1.165) is 30.5 Å². The van der Waals surface area contributed by atoms with Crippen LogP contribution in [0.1, 0.15) is 38.2 Å². The first-order chi connectivity index (χ1) is 12.0. The quantitative estimate of drug-likeness (QED) is 0.695. The number of hydrogen-bond acceptors (Lipinski definition) is 4. The second-order valence-electron chi connectivity index (χ2n) is 6.76. The Labute approximate surface area is 154 Å². The molecule has 1 aromatic carbocycles. The number of carbonyl (C=O) groups excluding carboxylic acids is 2. The van der Waals surface area contributed by atoms with Gasteiger partial charge in [0.1, 0.15) is 0 Å². The van der Waals surface area contributed by atoms with Gasteiger partial charge in [-0.1, -0.05) is 30.5 Å². The number of nitrogens with one attached hydrogen (secondary N) is 2. The maximum atomic E-state index is 12.4. The highest BCUT2D eigenvalue weighted by molar-refractivity contribution is 8.01. The SMILES string of the molecule is Cc1ccc(NC(=O)CSC(C)C(=O)NC2CCCCC2CN)cc1. The Balaban J connectivity index is 1.74. The standard InChI is InChI=1S/C19H29N3O2S/c1-13-7-9-16(10-8-13)21-18(23)12-25-14(2)19(24)22-17-6-4-3-5-15(17)11-20/h7-10,14-15,17H,3-6,11-12,20H2,1-2H3,(H,21,23)(H,22,24). The van der Waals surface area contributed by atoms with Crippen molar-refractivity contribution in [1.82, 2.24) is 5.32 Å². The summed E-state index contributed by atoms with van der Waals surface area (Å²) in [5.41, 5.74) is 7.75. The average Bonchev–Trinajstić information content (AvgIpc) is 2.62. The number of thioether (sulfide) groups is 1. The lowest BCUT2D eigenvalue weighted by molar-refractivity contribution is -0.121. The molecule has 6 heteroatoms. The largest absolute Gasteiger partial charge is 0.352 e. The maximum absolute atomic E-state index is 12.4. The van der Waals surface area contributed by atoms with Gasteiger partial charge in [0, 0.05) is 11.7 Å². The molecule has 5 nitrogen and oxygen atoms in total. The minimum Gasteiger partial charge on any atom is -0.352 e. The molecule has 1 aromatic rings. The van der Waals surface area contributed by atoms with Crippen molar-refractivity contribution in [3.05, 3.63) is 29.8 Å². The number of nitrogens with two attached hydrogens (primary N) is 1. The summed E-state index contributed by atoms with van der Waals surface area (Å²) in [6.07, 6.45) is 4.42. The number of benzene rings is 1. The molecule has 3 atom stereocenters. The van der Waals surface area contributed by atoms with Crippen LogP contribution in [0.15, 0.2) is 24.3 Å². The zero-order chi connectivity index (χ0) is 18.2. The van der Waals surface area contributed by atoms with Gasteiger partial charge in [0.05, 0.1) is 11.0 Å². The van der Waals surface area contributed by atoms with Gasteiger partial charge in [-0.05, 0) is 51.3 Å². The molecule has 2 amide bonds. The molecule has 1 saturated carbocycles. The lowest BCUT2D eigenvalue weighted by Gasteiger charge is -2.32. The van der Waals surface area contributed by atoms with Crippen molar-refractivity contribution in [2.45, 2.75) is 50.8 Å². The summed E-state index contributed by atoms with van der Waals surface area (Å²) >= 11 is 1.36. The molecule has 3 unspecified atom stereocenters. The Hall–Kier alpha value is -1.53. The Bertz CT molecular complexity index is 577. The van der Waals surface area contributed by atoms with Gasteiger partial charge < -0.3 is 16.4 Å². The topological polar surface area (TPSA) is 84.2 Å². The van der Waals surface area contributed by atoms with Gasteiger partial charge in [0.15, 0.2) is 0 Å². The highest BCUT2D eigenvalue weighted by Crippen LogP contribution is 2.24. The Morgan fingerprint density at radius 3 is 2.60 bits per heavy atom. The van der Waals surface area contributed by atoms with Crippen LogP contribution in [0.4, 0.5) is 5.69 Å². The molecule has 25 heavy (non-hydrogen) atoms. The highest BCUT2D eigenvalue weighted by Gasteiger charge is 2.27.